The van der Waals surface area contributed by atoms with Gasteiger partial charge in [0.15, 0.2) is 0 Å². The third kappa shape index (κ3) is 9.93. The van der Waals surface area contributed by atoms with Gasteiger partial charge in [-0.15, -0.1) is 0 Å². The third-order valence-electron chi connectivity index (χ3n) is 7.90. The topological polar surface area (TPSA) is 35.5 Å². The zero-order valence-electron chi connectivity index (χ0n) is 23.8. The Balaban J connectivity index is 1.28. The second kappa shape index (κ2) is 16.7. The Morgan fingerprint density at radius 2 is 1.35 bits per heavy atom. The van der Waals surface area contributed by atoms with Crippen molar-refractivity contribution in [3.05, 3.63) is 58.7 Å². The van der Waals surface area contributed by atoms with Gasteiger partial charge in [-0.3, -0.25) is 0 Å². The molecule has 0 saturated heterocycles. The van der Waals surface area contributed by atoms with Crippen LogP contribution in [0.3, 0.4) is 0 Å². The second-order valence-electron chi connectivity index (χ2n) is 10.9. The predicted molar refractivity (Wildman–Crippen MR) is 155 cm³/mol. The van der Waals surface area contributed by atoms with Crippen LogP contribution < -0.4 is 0 Å². The number of hydrogen-bond acceptors (Lipinski definition) is 3. The summed E-state index contributed by atoms with van der Waals surface area (Å²) >= 11 is 0. The van der Waals surface area contributed by atoms with Gasteiger partial charge in [0.05, 0.1) is 12.2 Å². The molecule has 0 heterocycles. The number of carbonyl (C=O) groups is 1. The summed E-state index contributed by atoms with van der Waals surface area (Å²) in [6, 6.07) is 12.7. The van der Waals surface area contributed by atoms with Crippen LogP contribution in [0, 0.1) is 12.8 Å². The van der Waals surface area contributed by atoms with Gasteiger partial charge in [-0.2, -0.15) is 0 Å². The molecule has 0 aromatic heterocycles. The Labute approximate surface area is 226 Å². The molecule has 1 fully saturated rings. The van der Waals surface area contributed by atoms with Crippen molar-refractivity contribution < 1.29 is 14.3 Å². The molecular weight excluding hydrogens is 456 g/mol. The zero-order valence-corrected chi connectivity index (χ0v) is 23.8. The van der Waals surface area contributed by atoms with Gasteiger partial charge in [-0.25, -0.2) is 4.79 Å². The molecule has 1 aliphatic rings. The smallest absolute Gasteiger partial charge is 0.338 e. The highest BCUT2D eigenvalue weighted by molar-refractivity contribution is 5.91. The van der Waals surface area contributed by atoms with E-state index < -0.39 is 0 Å². The first-order chi connectivity index (χ1) is 18.1. The van der Waals surface area contributed by atoms with Crippen LogP contribution in [0.5, 0.6) is 0 Å². The summed E-state index contributed by atoms with van der Waals surface area (Å²) in [7, 11) is 0. The molecule has 3 nitrogen and oxygen atoms in total. The highest BCUT2D eigenvalue weighted by Crippen LogP contribution is 2.30. The first-order valence-corrected chi connectivity index (χ1v) is 15.1. The van der Waals surface area contributed by atoms with Crippen molar-refractivity contribution in [1.82, 2.24) is 0 Å². The number of unbranched alkanes of at least 4 members (excludes halogenated alkanes) is 6. The zero-order chi connectivity index (χ0) is 26.3. The van der Waals surface area contributed by atoms with Crippen molar-refractivity contribution in [2.75, 3.05) is 19.8 Å². The molecular formula is C34H50O3. The van der Waals surface area contributed by atoms with E-state index in [1.807, 2.05) is 12.1 Å². The quantitative estimate of drug-likeness (QED) is 0.168. The third-order valence-corrected chi connectivity index (χ3v) is 7.90. The molecule has 1 aliphatic carbocycles. The summed E-state index contributed by atoms with van der Waals surface area (Å²) in [5.41, 5.74) is 7.01. The molecule has 2 aromatic rings. The van der Waals surface area contributed by atoms with Gasteiger partial charge in [0.25, 0.3) is 0 Å². The highest BCUT2D eigenvalue weighted by Gasteiger charge is 2.14. The second-order valence-corrected chi connectivity index (χ2v) is 10.9. The summed E-state index contributed by atoms with van der Waals surface area (Å²) in [5.74, 6) is 0.623. The van der Waals surface area contributed by atoms with E-state index in [0.717, 1.165) is 44.8 Å². The molecule has 0 unspecified atom stereocenters. The lowest BCUT2D eigenvalue weighted by atomic mass is 9.90. The van der Waals surface area contributed by atoms with Crippen LogP contribution in [-0.2, 0) is 22.3 Å². The number of rotatable bonds is 16. The van der Waals surface area contributed by atoms with Crippen LogP contribution in [0.2, 0.25) is 0 Å². The molecule has 0 spiro atoms. The Morgan fingerprint density at radius 3 is 2.03 bits per heavy atom. The summed E-state index contributed by atoms with van der Waals surface area (Å²) < 4.78 is 11.5. The van der Waals surface area contributed by atoms with Crippen LogP contribution in [0.1, 0.15) is 118 Å². The number of ether oxygens (including phenoxy) is 2. The van der Waals surface area contributed by atoms with Crippen molar-refractivity contribution in [1.29, 1.82) is 0 Å². The Morgan fingerprint density at radius 1 is 0.757 bits per heavy atom. The van der Waals surface area contributed by atoms with Crippen LogP contribution in [0.4, 0.5) is 0 Å². The van der Waals surface area contributed by atoms with Gasteiger partial charge in [-0.05, 0) is 85.8 Å². The molecule has 0 amide bonds. The molecule has 0 N–H and O–H groups in total. The summed E-state index contributed by atoms with van der Waals surface area (Å²) in [5, 5.41) is 0. The van der Waals surface area contributed by atoms with Crippen LogP contribution in [0.25, 0.3) is 11.1 Å². The molecule has 3 heteroatoms. The first kappa shape index (κ1) is 29.4. The van der Waals surface area contributed by atoms with E-state index in [2.05, 4.69) is 45.0 Å². The Bertz CT molecular complexity index is 942. The number of esters is 1. The molecule has 2 aromatic carbocycles. The first-order valence-electron chi connectivity index (χ1n) is 15.1. The Hall–Kier alpha value is -2.13. The highest BCUT2D eigenvalue weighted by atomic mass is 16.5. The Kier molecular flexibility index (Phi) is 13.2. The normalized spacial score (nSPS) is 14.1. The van der Waals surface area contributed by atoms with E-state index in [1.54, 1.807) is 0 Å². The predicted octanol–water partition coefficient (Wildman–Crippen LogP) is 9.27. The molecule has 204 valence electrons. The van der Waals surface area contributed by atoms with E-state index in [4.69, 9.17) is 9.47 Å². The standard InChI is InChI=1S/C34H50O3/c1-4-29-24-27(3)18-20-32(29)33-21-19-31(25-30(33)5-2)34(35)37-23-15-10-8-6-7-9-14-22-36-26-28-16-12-11-13-17-28/h18-21,24-25,28H,4-17,22-23,26H2,1-3H3. The number of carbonyl (C=O) groups excluding carboxylic acids is 1. The minimum Gasteiger partial charge on any atom is -0.462 e. The minimum absolute atomic E-state index is 0.200. The van der Waals surface area contributed by atoms with Gasteiger partial charge < -0.3 is 9.47 Å². The van der Waals surface area contributed by atoms with E-state index >= 15 is 0 Å². The van der Waals surface area contributed by atoms with E-state index in [-0.39, 0.29) is 5.97 Å². The van der Waals surface area contributed by atoms with Crippen molar-refractivity contribution in [2.24, 2.45) is 5.92 Å². The van der Waals surface area contributed by atoms with Crippen LogP contribution in [0.15, 0.2) is 36.4 Å². The summed E-state index contributed by atoms with van der Waals surface area (Å²) in [6.45, 7) is 8.91. The number of benzene rings is 2. The van der Waals surface area contributed by atoms with Gasteiger partial charge in [0.2, 0.25) is 0 Å². The number of hydrogen-bond donors (Lipinski definition) is 0. The molecule has 1 saturated carbocycles. The van der Waals surface area contributed by atoms with Gasteiger partial charge in [-0.1, -0.05) is 95.0 Å². The average molecular weight is 507 g/mol. The lowest BCUT2D eigenvalue weighted by Gasteiger charge is -2.21. The van der Waals surface area contributed by atoms with Crippen LogP contribution in [-0.4, -0.2) is 25.8 Å². The fourth-order valence-corrected chi connectivity index (χ4v) is 5.60. The average Bonchev–Trinajstić information content (AvgIpc) is 2.93. The van der Waals surface area contributed by atoms with Crippen molar-refractivity contribution >= 4 is 5.97 Å². The molecule has 0 radical (unpaired) electrons. The molecule has 0 bridgehead atoms. The maximum atomic E-state index is 12.7. The SMILES string of the molecule is CCc1cc(C)ccc1-c1ccc(C(=O)OCCCCCCCCCOCC2CCCCC2)cc1CC. The molecule has 0 atom stereocenters. The fourth-order valence-electron chi connectivity index (χ4n) is 5.60. The number of aryl methyl sites for hydroxylation is 3. The van der Waals surface area contributed by atoms with Crippen LogP contribution >= 0.6 is 0 Å². The van der Waals surface area contributed by atoms with Crippen molar-refractivity contribution in [2.45, 2.75) is 111 Å². The van der Waals surface area contributed by atoms with Gasteiger partial charge in [0.1, 0.15) is 0 Å². The lowest BCUT2D eigenvalue weighted by Crippen LogP contribution is -2.13. The lowest BCUT2D eigenvalue weighted by molar-refractivity contribution is 0.0497. The van der Waals surface area contributed by atoms with Crippen molar-refractivity contribution in [3.63, 3.8) is 0 Å². The minimum atomic E-state index is -0.200. The summed E-state index contributed by atoms with van der Waals surface area (Å²) in [4.78, 5) is 12.7. The van der Waals surface area contributed by atoms with Gasteiger partial charge >= 0.3 is 5.97 Å². The summed E-state index contributed by atoms with van der Waals surface area (Å²) in [6.07, 6.45) is 17.1. The molecule has 37 heavy (non-hydrogen) atoms. The fraction of sp³-hybridized carbons (Fsp3) is 0.618. The largest absolute Gasteiger partial charge is 0.462 e. The van der Waals surface area contributed by atoms with Gasteiger partial charge in [0, 0.05) is 13.2 Å². The van der Waals surface area contributed by atoms with E-state index in [0.29, 0.717) is 12.2 Å². The monoisotopic (exact) mass is 506 g/mol. The maximum absolute atomic E-state index is 12.7. The van der Waals surface area contributed by atoms with E-state index in [9.17, 15) is 4.79 Å². The maximum Gasteiger partial charge on any atom is 0.338 e. The van der Waals surface area contributed by atoms with Crippen molar-refractivity contribution in [3.8, 4) is 11.1 Å². The molecule has 0 aliphatic heterocycles. The van der Waals surface area contributed by atoms with E-state index in [1.165, 1.54) is 92.0 Å². The molecule has 3 rings (SSSR count).